The molecule has 1 aromatic heterocycles. The van der Waals surface area contributed by atoms with Crippen LogP contribution in [-0.2, 0) is 0 Å². The quantitative estimate of drug-likeness (QED) is 0.689. The Labute approximate surface area is 114 Å². The Morgan fingerprint density at radius 2 is 2.00 bits per heavy atom. The lowest BCUT2D eigenvalue weighted by Gasteiger charge is -2.00. The van der Waals surface area contributed by atoms with Crippen molar-refractivity contribution in [1.29, 1.82) is 0 Å². The Hall–Kier alpha value is -1.40. The fourth-order valence-corrected chi connectivity index (χ4v) is 3.24. The first kappa shape index (κ1) is 13.0. The number of amides is 1. The zero-order valence-electron chi connectivity index (χ0n) is 10.1. The monoisotopic (exact) mass is 279 g/mol. The lowest BCUT2D eigenvalue weighted by atomic mass is 10.2. The van der Waals surface area contributed by atoms with E-state index in [1.165, 1.54) is 11.3 Å². The second kappa shape index (κ2) is 5.97. The van der Waals surface area contributed by atoms with Gasteiger partial charge in [-0.3, -0.25) is 10.1 Å². The fraction of sp³-hybridized carbons (Fsp3) is 0.250. The SMILES string of the molecule is CC(C)Sc1nnc(NC(=O)c2ccccc2)s1. The highest BCUT2D eigenvalue weighted by Crippen LogP contribution is 2.28. The van der Waals surface area contributed by atoms with Crippen LogP contribution in [0.5, 0.6) is 0 Å². The standard InChI is InChI=1S/C12H13N3OS2/c1-8(2)17-12-15-14-11(18-12)13-10(16)9-6-4-3-5-7-9/h3-8H,1-2H3,(H,13,14,16). The molecule has 1 heterocycles. The van der Waals surface area contributed by atoms with Gasteiger partial charge in [0.15, 0.2) is 4.34 Å². The summed E-state index contributed by atoms with van der Waals surface area (Å²) in [5.74, 6) is -0.159. The average molecular weight is 279 g/mol. The van der Waals surface area contributed by atoms with Crippen molar-refractivity contribution >= 4 is 34.1 Å². The molecule has 0 aliphatic heterocycles. The van der Waals surface area contributed by atoms with E-state index in [-0.39, 0.29) is 5.91 Å². The Bertz CT molecular complexity index is 525. The second-order valence-corrected chi connectivity index (χ2v) is 6.66. The van der Waals surface area contributed by atoms with E-state index in [4.69, 9.17) is 0 Å². The van der Waals surface area contributed by atoms with E-state index in [9.17, 15) is 4.79 Å². The fourth-order valence-electron chi connectivity index (χ4n) is 1.27. The summed E-state index contributed by atoms with van der Waals surface area (Å²) in [6.45, 7) is 4.18. The zero-order valence-corrected chi connectivity index (χ0v) is 11.7. The summed E-state index contributed by atoms with van der Waals surface area (Å²) >= 11 is 3.03. The minimum Gasteiger partial charge on any atom is -0.296 e. The van der Waals surface area contributed by atoms with Crippen molar-refractivity contribution < 1.29 is 4.79 Å². The van der Waals surface area contributed by atoms with Gasteiger partial charge in [-0.1, -0.05) is 55.1 Å². The van der Waals surface area contributed by atoms with Gasteiger partial charge < -0.3 is 0 Å². The summed E-state index contributed by atoms with van der Waals surface area (Å²) in [4.78, 5) is 11.9. The molecule has 1 amide bonds. The molecule has 0 spiro atoms. The van der Waals surface area contributed by atoms with Gasteiger partial charge in [-0.2, -0.15) is 0 Å². The Balaban J connectivity index is 2.01. The Morgan fingerprint density at radius 3 is 2.67 bits per heavy atom. The minimum atomic E-state index is -0.159. The molecule has 6 heteroatoms. The van der Waals surface area contributed by atoms with Crippen LogP contribution in [0.4, 0.5) is 5.13 Å². The summed E-state index contributed by atoms with van der Waals surface area (Å²) < 4.78 is 0.869. The van der Waals surface area contributed by atoms with Crippen LogP contribution in [-0.4, -0.2) is 21.4 Å². The van der Waals surface area contributed by atoms with Gasteiger partial charge in [-0.05, 0) is 12.1 Å². The number of nitrogens with one attached hydrogen (secondary N) is 1. The second-order valence-electron chi connectivity index (χ2n) is 3.86. The molecule has 0 radical (unpaired) electrons. The number of thioether (sulfide) groups is 1. The van der Waals surface area contributed by atoms with Crippen LogP contribution >= 0.6 is 23.1 Å². The highest BCUT2D eigenvalue weighted by molar-refractivity contribution is 8.01. The maximum absolute atomic E-state index is 11.9. The highest BCUT2D eigenvalue weighted by Gasteiger charge is 2.10. The molecule has 0 atom stereocenters. The van der Waals surface area contributed by atoms with E-state index in [1.807, 2.05) is 18.2 Å². The predicted molar refractivity (Wildman–Crippen MR) is 75.3 cm³/mol. The molecule has 94 valence electrons. The summed E-state index contributed by atoms with van der Waals surface area (Å²) in [6, 6.07) is 9.06. The molecular weight excluding hydrogens is 266 g/mol. The molecule has 1 aromatic carbocycles. The van der Waals surface area contributed by atoms with Gasteiger partial charge in [0.25, 0.3) is 5.91 Å². The summed E-state index contributed by atoms with van der Waals surface area (Å²) in [7, 11) is 0. The Morgan fingerprint density at radius 1 is 1.28 bits per heavy atom. The number of carbonyl (C=O) groups is 1. The van der Waals surface area contributed by atoms with Crippen molar-refractivity contribution in [2.24, 2.45) is 0 Å². The van der Waals surface area contributed by atoms with E-state index >= 15 is 0 Å². The maximum atomic E-state index is 11.9. The van der Waals surface area contributed by atoms with Crippen molar-refractivity contribution in [2.75, 3.05) is 5.32 Å². The molecule has 18 heavy (non-hydrogen) atoms. The first-order chi connectivity index (χ1) is 8.65. The molecule has 0 aliphatic rings. The number of rotatable bonds is 4. The largest absolute Gasteiger partial charge is 0.296 e. The molecule has 0 saturated carbocycles. The number of hydrogen-bond donors (Lipinski definition) is 1. The summed E-state index contributed by atoms with van der Waals surface area (Å²) in [6.07, 6.45) is 0. The van der Waals surface area contributed by atoms with Gasteiger partial charge in [0.05, 0.1) is 0 Å². The van der Waals surface area contributed by atoms with Gasteiger partial charge in [0.1, 0.15) is 0 Å². The van der Waals surface area contributed by atoms with E-state index in [2.05, 4.69) is 29.4 Å². The molecular formula is C12H13N3OS2. The number of hydrogen-bond acceptors (Lipinski definition) is 5. The number of carbonyl (C=O) groups excluding carboxylic acids is 1. The smallest absolute Gasteiger partial charge is 0.257 e. The van der Waals surface area contributed by atoms with Crippen molar-refractivity contribution in [3.05, 3.63) is 35.9 Å². The van der Waals surface area contributed by atoms with Gasteiger partial charge in [0, 0.05) is 10.8 Å². The molecule has 4 nitrogen and oxygen atoms in total. The zero-order chi connectivity index (χ0) is 13.0. The first-order valence-corrected chi connectivity index (χ1v) is 7.21. The molecule has 0 unspecified atom stereocenters. The lowest BCUT2D eigenvalue weighted by Crippen LogP contribution is -2.11. The van der Waals surface area contributed by atoms with E-state index < -0.39 is 0 Å². The number of anilines is 1. The molecule has 0 aliphatic carbocycles. The molecule has 2 aromatic rings. The average Bonchev–Trinajstić information content (AvgIpc) is 2.76. The molecule has 0 bridgehead atoms. The van der Waals surface area contributed by atoms with Crippen LogP contribution in [0, 0.1) is 0 Å². The van der Waals surface area contributed by atoms with Gasteiger partial charge in [-0.25, -0.2) is 0 Å². The third-order valence-corrected chi connectivity index (χ3v) is 3.93. The van der Waals surface area contributed by atoms with Gasteiger partial charge >= 0.3 is 0 Å². The highest BCUT2D eigenvalue weighted by atomic mass is 32.2. The van der Waals surface area contributed by atoms with Gasteiger partial charge in [-0.15, -0.1) is 10.2 Å². The molecule has 0 fully saturated rings. The molecule has 0 saturated heterocycles. The van der Waals surface area contributed by atoms with Crippen molar-refractivity contribution in [1.82, 2.24) is 10.2 Å². The van der Waals surface area contributed by atoms with Crippen molar-refractivity contribution in [3.63, 3.8) is 0 Å². The topological polar surface area (TPSA) is 54.9 Å². The van der Waals surface area contributed by atoms with E-state index in [0.717, 1.165) is 4.34 Å². The predicted octanol–water partition coefficient (Wildman–Crippen LogP) is 3.29. The maximum Gasteiger partial charge on any atom is 0.257 e. The van der Waals surface area contributed by atoms with Crippen LogP contribution in [0.1, 0.15) is 24.2 Å². The first-order valence-electron chi connectivity index (χ1n) is 5.51. The normalized spacial score (nSPS) is 10.6. The van der Waals surface area contributed by atoms with Gasteiger partial charge in [0.2, 0.25) is 5.13 Å². The van der Waals surface area contributed by atoms with Crippen molar-refractivity contribution in [2.45, 2.75) is 23.4 Å². The Kier molecular flexibility index (Phi) is 4.33. The third-order valence-electron chi connectivity index (χ3n) is 2.00. The molecule has 2 rings (SSSR count). The van der Waals surface area contributed by atoms with Crippen LogP contribution in [0.15, 0.2) is 34.7 Å². The van der Waals surface area contributed by atoms with Crippen LogP contribution < -0.4 is 5.32 Å². The molecule has 1 N–H and O–H groups in total. The van der Waals surface area contributed by atoms with Crippen LogP contribution in [0.3, 0.4) is 0 Å². The minimum absolute atomic E-state index is 0.159. The number of aromatic nitrogens is 2. The lowest BCUT2D eigenvalue weighted by molar-refractivity contribution is 0.102. The van der Waals surface area contributed by atoms with Crippen LogP contribution in [0.25, 0.3) is 0 Å². The third kappa shape index (κ3) is 3.54. The summed E-state index contributed by atoms with van der Waals surface area (Å²) in [5, 5.41) is 11.7. The van der Waals surface area contributed by atoms with E-state index in [1.54, 1.807) is 23.9 Å². The van der Waals surface area contributed by atoms with E-state index in [0.29, 0.717) is 15.9 Å². The number of benzene rings is 1. The number of nitrogens with zero attached hydrogens (tertiary/aromatic N) is 2. The summed E-state index contributed by atoms with van der Waals surface area (Å²) in [5.41, 5.74) is 0.616. The van der Waals surface area contributed by atoms with Crippen LogP contribution in [0.2, 0.25) is 0 Å². The van der Waals surface area contributed by atoms with Crippen molar-refractivity contribution in [3.8, 4) is 0 Å².